The minimum Gasteiger partial charge on any atom is -0.504 e. The van der Waals surface area contributed by atoms with Gasteiger partial charge >= 0.3 is 5.97 Å². The smallest absolute Gasteiger partial charge is 0.307 e. The molecular weight excluding hydrogens is 320 g/mol. The van der Waals surface area contributed by atoms with Crippen LogP contribution in [-0.2, 0) is 9.59 Å². The summed E-state index contributed by atoms with van der Waals surface area (Å²) in [5.74, 6) is -1.44. The summed E-state index contributed by atoms with van der Waals surface area (Å²) in [6.07, 6.45) is 6.47. The van der Waals surface area contributed by atoms with Crippen molar-refractivity contribution in [2.75, 3.05) is 0 Å². The van der Waals surface area contributed by atoms with Gasteiger partial charge in [-0.1, -0.05) is 12.5 Å². The molecule has 3 N–H and O–H groups in total. The number of Topliss-reactive ketones (excluding diaryl/α,β-unsaturated/α-hetero) is 1. The number of rotatable bonds is 1. The highest BCUT2D eigenvalue weighted by atomic mass is 16.4. The Labute approximate surface area is 147 Å². The van der Waals surface area contributed by atoms with E-state index in [9.17, 15) is 24.9 Å². The zero-order chi connectivity index (χ0) is 18.1. The Balaban J connectivity index is 1.72. The largest absolute Gasteiger partial charge is 0.504 e. The lowest BCUT2D eigenvalue weighted by Gasteiger charge is -2.56. The maximum absolute atomic E-state index is 12.9. The van der Waals surface area contributed by atoms with Crippen molar-refractivity contribution < 1.29 is 24.9 Å². The van der Waals surface area contributed by atoms with Crippen molar-refractivity contribution in [3.05, 3.63) is 23.2 Å². The van der Waals surface area contributed by atoms with Gasteiger partial charge in [0.15, 0.2) is 5.76 Å². The normalized spacial score (nSPS) is 46.2. The average molecular weight is 346 g/mol. The van der Waals surface area contributed by atoms with Gasteiger partial charge in [-0.05, 0) is 74.7 Å². The minimum absolute atomic E-state index is 0.112. The number of hydrogen-bond donors (Lipinski definition) is 3. The van der Waals surface area contributed by atoms with Crippen LogP contribution < -0.4 is 0 Å². The molecule has 0 heterocycles. The molecule has 0 aliphatic heterocycles. The summed E-state index contributed by atoms with van der Waals surface area (Å²) in [5.41, 5.74) is -0.0325. The SMILES string of the molecule is C[C@]12C(=O)C(O)=C(O)C=C1CC[C@@H]1[C@@H]2CC[C@]2(C)[C@H](C(=O)O)CC[C@@H]12. The van der Waals surface area contributed by atoms with Gasteiger partial charge < -0.3 is 15.3 Å². The summed E-state index contributed by atoms with van der Waals surface area (Å²) in [6, 6.07) is 0. The Hall–Kier alpha value is -1.78. The van der Waals surface area contributed by atoms with Gasteiger partial charge in [0.05, 0.1) is 11.3 Å². The molecule has 25 heavy (non-hydrogen) atoms. The second-order valence-electron chi connectivity index (χ2n) is 8.86. The molecule has 4 rings (SSSR count). The topological polar surface area (TPSA) is 94.8 Å². The fourth-order valence-corrected chi connectivity index (χ4v) is 6.76. The van der Waals surface area contributed by atoms with E-state index in [1.54, 1.807) is 6.08 Å². The Morgan fingerprint density at radius 3 is 2.52 bits per heavy atom. The van der Waals surface area contributed by atoms with Crippen molar-refractivity contribution in [1.82, 2.24) is 0 Å². The number of aliphatic hydroxyl groups excluding tert-OH is 2. The maximum Gasteiger partial charge on any atom is 0.307 e. The number of carbonyl (C=O) groups excluding carboxylic acids is 1. The van der Waals surface area contributed by atoms with Gasteiger partial charge in [0.2, 0.25) is 11.5 Å². The van der Waals surface area contributed by atoms with E-state index in [0.29, 0.717) is 11.8 Å². The van der Waals surface area contributed by atoms with Crippen LogP contribution in [0.3, 0.4) is 0 Å². The van der Waals surface area contributed by atoms with E-state index in [1.807, 2.05) is 6.92 Å². The fraction of sp³-hybridized carbons (Fsp3) is 0.700. The number of carboxylic acid groups (broad SMARTS) is 1. The molecule has 4 aliphatic rings. The third-order valence-corrected chi connectivity index (χ3v) is 8.13. The van der Waals surface area contributed by atoms with Crippen molar-refractivity contribution >= 4 is 11.8 Å². The molecule has 0 saturated heterocycles. The standard InChI is InChI=1S/C20H26O5/c1-19-8-7-13-11(12(19)5-6-14(19)18(24)25)4-3-10-9-15(21)16(22)17(23)20(10,13)2/h9,11-14,21-22H,3-8H2,1-2H3,(H,24,25)/t11-,12-,13-,14-,19-,20-/m0/s1. The Morgan fingerprint density at radius 2 is 1.84 bits per heavy atom. The lowest BCUT2D eigenvalue weighted by molar-refractivity contribution is -0.150. The van der Waals surface area contributed by atoms with E-state index in [1.165, 1.54) is 0 Å². The highest BCUT2D eigenvalue weighted by molar-refractivity contribution is 6.02. The Morgan fingerprint density at radius 1 is 1.12 bits per heavy atom. The quantitative estimate of drug-likeness (QED) is 0.672. The van der Waals surface area contributed by atoms with Crippen molar-refractivity contribution in [3.8, 4) is 0 Å². The van der Waals surface area contributed by atoms with Gasteiger partial charge in [-0.25, -0.2) is 0 Å². The predicted molar refractivity (Wildman–Crippen MR) is 90.9 cm³/mol. The molecule has 0 radical (unpaired) electrons. The number of allylic oxidation sites excluding steroid dienone is 3. The molecule has 0 bridgehead atoms. The van der Waals surface area contributed by atoms with Crippen LogP contribution in [0, 0.1) is 34.5 Å². The number of ketones is 1. The molecule has 4 aliphatic carbocycles. The van der Waals surface area contributed by atoms with Crippen LogP contribution in [0.5, 0.6) is 0 Å². The Bertz CT molecular complexity index is 720. The second kappa shape index (κ2) is 5.12. The van der Waals surface area contributed by atoms with Crippen LogP contribution in [0.2, 0.25) is 0 Å². The van der Waals surface area contributed by atoms with Crippen molar-refractivity contribution in [1.29, 1.82) is 0 Å². The molecule has 0 unspecified atom stereocenters. The van der Waals surface area contributed by atoms with Crippen LogP contribution in [-0.4, -0.2) is 27.1 Å². The fourth-order valence-electron chi connectivity index (χ4n) is 6.76. The summed E-state index contributed by atoms with van der Waals surface area (Å²) < 4.78 is 0. The monoisotopic (exact) mass is 346 g/mol. The van der Waals surface area contributed by atoms with Gasteiger partial charge in [0.25, 0.3) is 0 Å². The van der Waals surface area contributed by atoms with Gasteiger partial charge in [0, 0.05) is 0 Å². The Kier molecular flexibility index (Phi) is 3.41. The van der Waals surface area contributed by atoms with Crippen molar-refractivity contribution in [3.63, 3.8) is 0 Å². The van der Waals surface area contributed by atoms with Crippen molar-refractivity contribution in [2.24, 2.45) is 34.5 Å². The number of fused-ring (bicyclic) bond motifs is 5. The van der Waals surface area contributed by atoms with Crippen LogP contribution in [0.25, 0.3) is 0 Å². The van der Waals surface area contributed by atoms with Gasteiger partial charge in [0.1, 0.15) is 0 Å². The molecule has 6 atom stereocenters. The number of aliphatic hydroxyl groups is 2. The average Bonchev–Trinajstić information content (AvgIpc) is 2.92. The molecule has 0 spiro atoms. The number of aliphatic carboxylic acids is 1. The van der Waals surface area contributed by atoms with Crippen LogP contribution >= 0.6 is 0 Å². The van der Waals surface area contributed by atoms with E-state index in [0.717, 1.165) is 44.1 Å². The van der Waals surface area contributed by atoms with E-state index < -0.39 is 17.1 Å². The van der Waals surface area contributed by atoms with Crippen LogP contribution in [0.1, 0.15) is 52.4 Å². The van der Waals surface area contributed by atoms with Gasteiger partial charge in [-0.3, -0.25) is 9.59 Å². The first kappa shape index (κ1) is 16.7. The molecule has 0 aromatic heterocycles. The van der Waals surface area contributed by atoms with Crippen LogP contribution in [0.4, 0.5) is 0 Å². The summed E-state index contributed by atoms with van der Waals surface area (Å²) in [5, 5.41) is 29.5. The number of hydrogen-bond acceptors (Lipinski definition) is 4. The lowest BCUT2D eigenvalue weighted by Crippen LogP contribution is -2.53. The van der Waals surface area contributed by atoms with E-state index in [4.69, 9.17) is 0 Å². The first-order chi connectivity index (χ1) is 11.7. The third-order valence-electron chi connectivity index (χ3n) is 8.13. The van der Waals surface area contributed by atoms with Gasteiger partial charge in [-0.15, -0.1) is 0 Å². The lowest BCUT2D eigenvalue weighted by atomic mass is 9.47. The summed E-state index contributed by atoms with van der Waals surface area (Å²) >= 11 is 0. The maximum atomic E-state index is 12.9. The first-order valence-electron chi connectivity index (χ1n) is 9.32. The molecule has 5 heteroatoms. The molecule has 0 amide bonds. The number of carbonyl (C=O) groups is 2. The predicted octanol–water partition coefficient (Wildman–Crippen LogP) is 3.77. The van der Waals surface area contributed by atoms with Crippen LogP contribution in [0.15, 0.2) is 23.2 Å². The summed E-state index contributed by atoms with van der Waals surface area (Å²) in [6.45, 7) is 4.03. The molecule has 5 nitrogen and oxygen atoms in total. The molecule has 0 aromatic rings. The van der Waals surface area contributed by atoms with E-state index in [-0.39, 0.29) is 28.8 Å². The zero-order valence-corrected chi connectivity index (χ0v) is 14.8. The number of carboxylic acids is 1. The summed E-state index contributed by atoms with van der Waals surface area (Å²) in [4.78, 5) is 24.6. The highest BCUT2D eigenvalue weighted by Crippen LogP contribution is 2.66. The molecular formula is C20H26O5. The third kappa shape index (κ3) is 1.95. The van der Waals surface area contributed by atoms with Crippen molar-refractivity contribution in [2.45, 2.75) is 52.4 Å². The van der Waals surface area contributed by atoms with E-state index >= 15 is 0 Å². The molecule has 3 saturated carbocycles. The highest BCUT2D eigenvalue weighted by Gasteiger charge is 2.62. The molecule has 3 fully saturated rings. The molecule has 136 valence electrons. The molecule has 0 aromatic carbocycles. The summed E-state index contributed by atoms with van der Waals surface area (Å²) in [7, 11) is 0. The minimum atomic E-state index is -0.762. The second-order valence-corrected chi connectivity index (χ2v) is 8.86. The van der Waals surface area contributed by atoms with Gasteiger partial charge in [-0.2, -0.15) is 0 Å². The van der Waals surface area contributed by atoms with E-state index in [2.05, 4.69) is 6.92 Å². The zero-order valence-electron chi connectivity index (χ0n) is 14.8. The first-order valence-corrected chi connectivity index (χ1v) is 9.32.